The van der Waals surface area contributed by atoms with Gasteiger partial charge in [-0.2, -0.15) is 0 Å². The number of ether oxygens (including phenoxy) is 1. The maximum absolute atomic E-state index is 13.1. The number of carbonyl (C=O) groups excluding carboxylic acids is 2. The molecule has 0 saturated heterocycles. The summed E-state index contributed by atoms with van der Waals surface area (Å²) in [5, 5.41) is 3.06. The van der Waals surface area contributed by atoms with Crippen molar-refractivity contribution in [1.29, 1.82) is 0 Å². The normalized spacial score (nSPS) is 11.0. The van der Waals surface area contributed by atoms with Crippen LogP contribution in [-0.2, 0) is 22.6 Å². The number of fused-ring (bicyclic) bond motifs is 1. The SMILES string of the molecule is CCOC(=O)c1ccccc1NC(=O)Cn1c(=O)n(CCC(C)C)c(=O)c2ccccc21. The minimum Gasteiger partial charge on any atom is -0.462 e. The summed E-state index contributed by atoms with van der Waals surface area (Å²) in [7, 11) is 0. The van der Waals surface area contributed by atoms with Crippen LogP contribution in [0, 0.1) is 5.92 Å². The Labute approximate surface area is 185 Å². The van der Waals surface area contributed by atoms with Gasteiger partial charge in [-0.25, -0.2) is 9.59 Å². The topological polar surface area (TPSA) is 99.4 Å². The van der Waals surface area contributed by atoms with Crippen molar-refractivity contribution in [3.8, 4) is 0 Å². The molecule has 3 rings (SSSR count). The highest BCUT2D eigenvalue weighted by atomic mass is 16.5. The summed E-state index contributed by atoms with van der Waals surface area (Å²) < 4.78 is 7.51. The fourth-order valence-corrected chi connectivity index (χ4v) is 3.42. The predicted octanol–water partition coefficient (Wildman–Crippen LogP) is 3.02. The molecule has 3 aromatic rings. The maximum atomic E-state index is 13.1. The molecule has 0 saturated carbocycles. The number of esters is 1. The number of nitrogens with zero attached hydrogens (tertiary/aromatic N) is 2. The molecular formula is C24H27N3O5. The number of anilines is 1. The Hall–Kier alpha value is -3.68. The third-order valence-electron chi connectivity index (χ3n) is 5.06. The van der Waals surface area contributed by atoms with Crippen LogP contribution in [0.5, 0.6) is 0 Å². The highest BCUT2D eigenvalue weighted by molar-refractivity contribution is 6.01. The lowest BCUT2D eigenvalue weighted by Gasteiger charge is -2.15. The van der Waals surface area contributed by atoms with Crippen molar-refractivity contribution in [1.82, 2.24) is 9.13 Å². The van der Waals surface area contributed by atoms with Crippen molar-refractivity contribution in [2.45, 2.75) is 40.3 Å². The second-order valence-corrected chi connectivity index (χ2v) is 7.84. The van der Waals surface area contributed by atoms with Crippen molar-refractivity contribution in [3.05, 3.63) is 74.9 Å². The summed E-state index contributed by atoms with van der Waals surface area (Å²) in [6, 6.07) is 13.2. The van der Waals surface area contributed by atoms with Gasteiger partial charge in [-0.1, -0.05) is 38.1 Å². The molecule has 0 aliphatic heterocycles. The first-order valence-electron chi connectivity index (χ1n) is 10.6. The van der Waals surface area contributed by atoms with Crippen molar-refractivity contribution in [3.63, 3.8) is 0 Å². The van der Waals surface area contributed by atoms with Crippen molar-refractivity contribution in [2.24, 2.45) is 5.92 Å². The van der Waals surface area contributed by atoms with E-state index < -0.39 is 17.6 Å². The molecule has 0 aliphatic rings. The minimum absolute atomic E-state index is 0.209. The Kier molecular flexibility index (Phi) is 7.25. The van der Waals surface area contributed by atoms with E-state index in [0.29, 0.717) is 28.9 Å². The third-order valence-corrected chi connectivity index (χ3v) is 5.06. The lowest BCUT2D eigenvalue weighted by Crippen LogP contribution is -2.42. The summed E-state index contributed by atoms with van der Waals surface area (Å²) in [6.45, 7) is 5.90. The molecule has 8 nitrogen and oxygen atoms in total. The first-order valence-corrected chi connectivity index (χ1v) is 10.6. The third kappa shape index (κ3) is 4.96. The molecule has 1 heterocycles. The van der Waals surface area contributed by atoms with Crippen LogP contribution in [0.4, 0.5) is 5.69 Å². The van der Waals surface area contributed by atoms with E-state index in [-0.39, 0.29) is 30.8 Å². The number of hydrogen-bond donors (Lipinski definition) is 1. The Bertz CT molecular complexity index is 1260. The molecule has 0 radical (unpaired) electrons. The molecule has 1 N–H and O–H groups in total. The van der Waals surface area contributed by atoms with Gasteiger partial charge in [0.05, 0.1) is 28.8 Å². The fraction of sp³-hybridized carbons (Fsp3) is 0.333. The van der Waals surface area contributed by atoms with Crippen LogP contribution in [0.2, 0.25) is 0 Å². The van der Waals surface area contributed by atoms with Gasteiger partial charge in [-0.15, -0.1) is 0 Å². The molecule has 0 spiro atoms. The summed E-state index contributed by atoms with van der Waals surface area (Å²) in [6.07, 6.45) is 0.659. The number of benzene rings is 2. The van der Waals surface area contributed by atoms with Crippen LogP contribution in [-0.4, -0.2) is 27.6 Å². The van der Waals surface area contributed by atoms with Crippen molar-refractivity contribution in [2.75, 3.05) is 11.9 Å². The van der Waals surface area contributed by atoms with E-state index in [9.17, 15) is 19.2 Å². The Morgan fingerprint density at radius 1 is 1.00 bits per heavy atom. The first kappa shape index (κ1) is 23.0. The number of rotatable bonds is 8. The summed E-state index contributed by atoms with van der Waals surface area (Å²) in [5.41, 5.74) is -0.000824. The molecular weight excluding hydrogens is 410 g/mol. The Balaban J connectivity index is 1.97. The molecule has 0 bridgehead atoms. The van der Waals surface area contributed by atoms with E-state index in [1.54, 1.807) is 55.5 Å². The zero-order chi connectivity index (χ0) is 23.3. The van der Waals surface area contributed by atoms with Crippen molar-refractivity contribution >= 4 is 28.5 Å². The monoisotopic (exact) mass is 437 g/mol. The smallest absolute Gasteiger partial charge is 0.340 e. The first-order chi connectivity index (χ1) is 15.3. The molecule has 1 amide bonds. The molecule has 0 atom stereocenters. The van der Waals surface area contributed by atoms with E-state index in [0.717, 1.165) is 0 Å². The van der Waals surface area contributed by atoms with Gasteiger partial charge in [0.15, 0.2) is 0 Å². The maximum Gasteiger partial charge on any atom is 0.340 e. The lowest BCUT2D eigenvalue weighted by molar-refractivity contribution is -0.116. The number of carbonyl (C=O) groups is 2. The van der Waals surface area contributed by atoms with Crippen LogP contribution >= 0.6 is 0 Å². The molecule has 2 aromatic carbocycles. The molecule has 32 heavy (non-hydrogen) atoms. The van der Waals surface area contributed by atoms with Crippen LogP contribution in [0.1, 0.15) is 37.6 Å². The highest BCUT2D eigenvalue weighted by Crippen LogP contribution is 2.17. The summed E-state index contributed by atoms with van der Waals surface area (Å²) in [4.78, 5) is 51.0. The molecule has 1 aromatic heterocycles. The molecule has 8 heteroatoms. The van der Waals surface area contributed by atoms with E-state index in [1.165, 1.54) is 9.13 Å². The molecule has 168 valence electrons. The Morgan fingerprint density at radius 3 is 2.41 bits per heavy atom. The van der Waals surface area contributed by atoms with Crippen LogP contribution in [0.3, 0.4) is 0 Å². The molecule has 0 aliphatic carbocycles. The summed E-state index contributed by atoms with van der Waals surface area (Å²) in [5.74, 6) is -0.736. The van der Waals surface area contributed by atoms with Gasteiger partial charge in [0, 0.05) is 6.54 Å². The van der Waals surface area contributed by atoms with Gasteiger partial charge >= 0.3 is 11.7 Å². The quantitative estimate of drug-likeness (QED) is 0.546. The van der Waals surface area contributed by atoms with E-state index in [2.05, 4.69) is 5.32 Å². The van der Waals surface area contributed by atoms with Gasteiger partial charge in [0.1, 0.15) is 6.54 Å². The number of nitrogens with one attached hydrogen (secondary N) is 1. The zero-order valence-corrected chi connectivity index (χ0v) is 18.5. The van der Waals surface area contributed by atoms with Gasteiger partial charge in [0.2, 0.25) is 5.91 Å². The van der Waals surface area contributed by atoms with Crippen LogP contribution < -0.4 is 16.6 Å². The lowest BCUT2D eigenvalue weighted by atomic mass is 10.1. The second-order valence-electron chi connectivity index (χ2n) is 7.84. The zero-order valence-electron chi connectivity index (χ0n) is 18.5. The van der Waals surface area contributed by atoms with Gasteiger partial charge in [0.25, 0.3) is 5.56 Å². The van der Waals surface area contributed by atoms with E-state index in [4.69, 9.17) is 4.74 Å². The summed E-state index contributed by atoms with van der Waals surface area (Å²) >= 11 is 0. The standard InChI is InChI=1S/C24H27N3O5/c1-4-32-23(30)17-9-5-7-11-19(17)25-21(28)15-27-20-12-8-6-10-18(20)22(29)26(24(27)31)14-13-16(2)3/h5-12,16H,4,13-15H2,1-3H3,(H,25,28). The molecule has 0 unspecified atom stereocenters. The van der Waals surface area contributed by atoms with Crippen molar-refractivity contribution < 1.29 is 14.3 Å². The average molecular weight is 437 g/mol. The minimum atomic E-state index is -0.548. The molecule has 0 fully saturated rings. The second kappa shape index (κ2) is 10.1. The average Bonchev–Trinajstić information content (AvgIpc) is 2.77. The number of para-hydroxylation sites is 2. The van der Waals surface area contributed by atoms with E-state index >= 15 is 0 Å². The predicted molar refractivity (Wildman–Crippen MR) is 123 cm³/mol. The fourth-order valence-electron chi connectivity index (χ4n) is 3.42. The van der Waals surface area contributed by atoms with E-state index in [1.807, 2.05) is 13.8 Å². The van der Waals surface area contributed by atoms with Gasteiger partial charge in [-0.3, -0.25) is 18.7 Å². The van der Waals surface area contributed by atoms with Crippen LogP contribution in [0.25, 0.3) is 10.9 Å². The Morgan fingerprint density at radius 2 is 1.69 bits per heavy atom. The van der Waals surface area contributed by atoms with Gasteiger partial charge in [-0.05, 0) is 43.5 Å². The number of aromatic nitrogens is 2. The number of hydrogen-bond acceptors (Lipinski definition) is 5. The van der Waals surface area contributed by atoms with Crippen LogP contribution in [0.15, 0.2) is 58.1 Å². The number of amides is 1. The largest absolute Gasteiger partial charge is 0.462 e. The highest BCUT2D eigenvalue weighted by Gasteiger charge is 2.18. The van der Waals surface area contributed by atoms with Gasteiger partial charge < -0.3 is 10.1 Å².